The zero-order valence-electron chi connectivity index (χ0n) is 14.6. The number of anilines is 1. The second-order valence-corrected chi connectivity index (χ2v) is 6.74. The number of benzene rings is 2. The highest BCUT2D eigenvalue weighted by Crippen LogP contribution is 2.23. The molecule has 1 N–H and O–H groups in total. The number of aromatic amines is 1. The van der Waals surface area contributed by atoms with E-state index in [1.54, 1.807) is 6.20 Å². The number of amides is 1. The van der Waals surface area contributed by atoms with Crippen molar-refractivity contribution >= 4 is 22.5 Å². The molecule has 5 nitrogen and oxygen atoms in total. The van der Waals surface area contributed by atoms with Gasteiger partial charge in [-0.2, -0.15) is 5.10 Å². The molecule has 1 amide bonds. The Morgan fingerprint density at radius 3 is 2.64 bits per heavy atom. The van der Waals surface area contributed by atoms with Gasteiger partial charge >= 0.3 is 0 Å². The Hall–Kier alpha value is -2.82. The lowest BCUT2D eigenvalue weighted by atomic mass is 10.1. The molecule has 25 heavy (non-hydrogen) atoms. The molecular formula is C20H22N4O. The predicted octanol–water partition coefficient (Wildman–Crippen LogP) is 3.14. The highest BCUT2D eigenvalue weighted by molar-refractivity contribution is 5.97. The Morgan fingerprint density at radius 1 is 1.04 bits per heavy atom. The van der Waals surface area contributed by atoms with Crippen molar-refractivity contribution < 1.29 is 4.79 Å². The van der Waals surface area contributed by atoms with Crippen molar-refractivity contribution in [2.75, 3.05) is 31.1 Å². The molecule has 3 aromatic rings. The largest absolute Gasteiger partial charge is 0.368 e. The van der Waals surface area contributed by atoms with Crippen molar-refractivity contribution in [1.29, 1.82) is 0 Å². The molecule has 0 radical (unpaired) electrons. The van der Waals surface area contributed by atoms with Gasteiger partial charge in [0.05, 0.1) is 11.7 Å². The van der Waals surface area contributed by atoms with E-state index in [9.17, 15) is 4.79 Å². The Labute approximate surface area is 147 Å². The fraction of sp³-hybridized carbons (Fsp3) is 0.300. The van der Waals surface area contributed by atoms with Crippen molar-refractivity contribution in [1.82, 2.24) is 15.1 Å². The molecular weight excluding hydrogens is 312 g/mol. The third-order valence-electron chi connectivity index (χ3n) is 4.96. The van der Waals surface area contributed by atoms with Crippen LogP contribution in [0.25, 0.3) is 10.9 Å². The van der Waals surface area contributed by atoms with Crippen LogP contribution in [0.1, 0.15) is 21.5 Å². The SMILES string of the molecule is Cc1ccc(C)c(N2CCN(C(=O)c3ccc4cn[nH]c4c3)CC2)c1. The summed E-state index contributed by atoms with van der Waals surface area (Å²) in [6.45, 7) is 7.48. The van der Waals surface area contributed by atoms with Crippen LogP contribution in [0.15, 0.2) is 42.6 Å². The van der Waals surface area contributed by atoms with Crippen molar-refractivity contribution in [2.45, 2.75) is 13.8 Å². The van der Waals surface area contributed by atoms with E-state index in [1.807, 2.05) is 23.1 Å². The van der Waals surface area contributed by atoms with Crippen molar-refractivity contribution in [3.63, 3.8) is 0 Å². The average molecular weight is 334 g/mol. The van der Waals surface area contributed by atoms with Gasteiger partial charge in [-0.25, -0.2) is 0 Å². The van der Waals surface area contributed by atoms with Crippen LogP contribution >= 0.6 is 0 Å². The minimum Gasteiger partial charge on any atom is -0.368 e. The first-order chi connectivity index (χ1) is 12.1. The first kappa shape index (κ1) is 15.7. The van der Waals surface area contributed by atoms with E-state index in [-0.39, 0.29) is 5.91 Å². The zero-order chi connectivity index (χ0) is 17.4. The minimum atomic E-state index is 0.0946. The molecule has 0 spiro atoms. The van der Waals surface area contributed by atoms with E-state index >= 15 is 0 Å². The number of hydrogen-bond acceptors (Lipinski definition) is 3. The molecule has 2 aromatic carbocycles. The number of piperazine rings is 1. The highest BCUT2D eigenvalue weighted by Gasteiger charge is 2.23. The summed E-state index contributed by atoms with van der Waals surface area (Å²) in [5, 5.41) is 7.97. The summed E-state index contributed by atoms with van der Waals surface area (Å²) in [6.07, 6.45) is 1.77. The van der Waals surface area contributed by atoms with Gasteiger partial charge in [-0.05, 0) is 43.2 Å². The fourth-order valence-electron chi connectivity index (χ4n) is 3.46. The van der Waals surface area contributed by atoms with Gasteiger partial charge in [-0.1, -0.05) is 18.2 Å². The van der Waals surface area contributed by atoms with Crippen LogP contribution in [0.3, 0.4) is 0 Å². The number of aromatic nitrogens is 2. The lowest BCUT2D eigenvalue weighted by molar-refractivity contribution is 0.0747. The number of carbonyl (C=O) groups is 1. The van der Waals surface area contributed by atoms with E-state index in [4.69, 9.17) is 0 Å². The van der Waals surface area contributed by atoms with Crippen LogP contribution in [0.4, 0.5) is 5.69 Å². The second-order valence-electron chi connectivity index (χ2n) is 6.74. The monoisotopic (exact) mass is 334 g/mol. The maximum Gasteiger partial charge on any atom is 0.254 e. The van der Waals surface area contributed by atoms with Crippen LogP contribution in [0.5, 0.6) is 0 Å². The smallest absolute Gasteiger partial charge is 0.254 e. The van der Waals surface area contributed by atoms with Gasteiger partial charge in [0.1, 0.15) is 0 Å². The quantitative estimate of drug-likeness (QED) is 0.783. The summed E-state index contributed by atoms with van der Waals surface area (Å²) in [4.78, 5) is 17.1. The summed E-state index contributed by atoms with van der Waals surface area (Å²) in [5.41, 5.74) is 5.46. The zero-order valence-corrected chi connectivity index (χ0v) is 14.6. The third-order valence-corrected chi connectivity index (χ3v) is 4.96. The number of aryl methyl sites for hydroxylation is 2. The number of nitrogens with one attached hydrogen (secondary N) is 1. The van der Waals surface area contributed by atoms with E-state index in [1.165, 1.54) is 16.8 Å². The highest BCUT2D eigenvalue weighted by atomic mass is 16.2. The van der Waals surface area contributed by atoms with Gasteiger partial charge in [0.25, 0.3) is 5.91 Å². The second kappa shape index (κ2) is 6.24. The predicted molar refractivity (Wildman–Crippen MR) is 100 cm³/mol. The van der Waals surface area contributed by atoms with E-state index < -0.39 is 0 Å². The Balaban J connectivity index is 1.47. The summed E-state index contributed by atoms with van der Waals surface area (Å²) in [7, 11) is 0. The molecule has 0 aliphatic carbocycles. The van der Waals surface area contributed by atoms with Crippen LogP contribution in [-0.4, -0.2) is 47.2 Å². The van der Waals surface area contributed by atoms with E-state index in [0.29, 0.717) is 0 Å². The van der Waals surface area contributed by atoms with Crippen LogP contribution in [0, 0.1) is 13.8 Å². The normalized spacial score (nSPS) is 15.0. The maximum absolute atomic E-state index is 12.8. The van der Waals surface area contributed by atoms with Crippen LogP contribution in [0.2, 0.25) is 0 Å². The summed E-state index contributed by atoms with van der Waals surface area (Å²) >= 11 is 0. The third kappa shape index (κ3) is 2.97. The van der Waals surface area contributed by atoms with Crippen LogP contribution in [-0.2, 0) is 0 Å². The van der Waals surface area contributed by atoms with Crippen molar-refractivity contribution in [2.24, 2.45) is 0 Å². The Morgan fingerprint density at radius 2 is 1.84 bits per heavy atom. The lowest BCUT2D eigenvalue weighted by Crippen LogP contribution is -2.49. The number of carbonyl (C=O) groups excluding carboxylic acids is 1. The minimum absolute atomic E-state index is 0.0946. The molecule has 0 unspecified atom stereocenters. The molecule has 0 atom stereocenters. The molecule has 2 heterocycles. The van der Waals surface area contributed by atoms with Crippen molar-refractivity contribution in [3.8, 4) is 0 Å². The lowest BCUT2D eigenvalue weighted by Gasteiger charge is -2.37. The first-order valence-electron chi connectivity index (χ1n) is 8.66. The fourth-order valence-corrected chi connectivity index (χ4v) is 3.46. The first-order valence-corrected chi connectivity index (χ1v) is 8.66. The van der Waals surface area contributed by atoms with Gasteiger partial charge in [-0.15, -0.1) is 0 Å². The molecule has 1 aliphatic rings. The maximum atomic E-state index is 12.8. The van der Waals surface area contributed by atoms with E-state index in [0.717, 1.165) is 42.6 Å². The molecule has 1 aromatic heterocycles. The van der Waals surface area contributed by atoms with Gasteiger partial charge in [0.2, 0.25) is 0 Å². The molecule has 1 saturated heterocycles. The number of hydrogen-bond donors (Lipinski definition) is 1. The van der Waals surface area contributed by atoms with Gasteiger partial charge in [0.15, 0.2) is 0 Å². The summed E-state index contributed by atoms with van der Waals surface area (Å²) < 4.78 is 0. The standard InChI is InChI=1S/C20H22N4O/c1-14-3-4-15(2)19(11-14)23-7-9-24(10-8-23)20(25)16-5-6-17-13-21-22-18(17)12-16/h3-6,11-13H,7-10H2,1-2H3,(H,21,22). The molecule has 1 aliphatic heterocycles. The number of rotatable bonds is 2. The summed E-state index contributed by atoms with van der Waals surface area (Å²) in [6, 6.07) is 12.3. The van der Waals surface area contributed by atoms with Crippen LogP contribution < -0.4 is 4.90 Å². The molecule has 5 heteroatoms. The number of nitrogens with zero attached hydrogens (tertiary/aromatic N) is 3. The molecule has 4 rings (SSSR count). The number of fused-ring (bicyclic) bond motifs is 1. The topological polar surface area (TPSA) is 52.2 Å². The molecule has 1 fully saturated rings. The van der Waals surface area contributed by atoms with Crippen molar-refractivity contribution in [3.05, 3.63) is 59.3 Å². The summed E-state index contributed by atoms with van der Waals surface area (Å²) in [5.74, 6) is 0.0946. The van der Waals surface area contributed by atoms with Gasteiger partial charge in [0, 0.05) is 42.8 Å². The van der Waals surface area contributed by atoms with Gasteiger partial charge in [-0.3, -0.25) is 9.89 Å². The molecule has 0 bridgehead atoms. The Kier molecular flexibility index (Phi) is 3.92. The number of H-pyrrole nitrogens is 1. The van der Waals surface area contributed by atoms with E-state index in [2.05, 4.69) is 47.1 Å². The van der Waals surface area contributed by atoms with Gasteiger partial charge < -0.3 is 9.80 Å². The molecule has 0 saturated carbocycles. The average Bonchev–Trinajstić information content (AvgIpc) is 3.11. The Bertz CT molecular complexity index is 922. The molecule has 128 valence electrons.